The van der Waals surface area contributed by atoms with Gasteiger partial charge < -0.3 is 15.0 Å². The monoisotopic (exact) mass is 334 g/mol. The molecule has 1 aliphatic heterocycles. The van der Waals surface area contributed by atoms with Gasteiger partial charge in [0.25, 0.3) is 0 Å². The molecule has 1 aromatic rings. The van der Waals surface area contributed by atoms with Gasteiger partial charge in [-0.3, -0.25) is 0 Å². The van der Waals surface area contributed by atoms with Crippen molar-refractivity contribution >= 4 is 27.6 Å². The van der Waals surface area contributed by atoms with Crippen molar-refractivity contribution in [3.05, 3.63) is 28.2 Å². The first-order valence-electron chi connectivity index (χ1n) is 5.79. The lowest BCUT2D eigenvalue weighted by molar-refractivity contribution is 0.0221. The Balaban J connectivity index is 2.14. The van der Waals surface area contributed by atoms with Gasteiger partial charge in [0.1, 0.15) is 5.69 Å². The Kier molecular flexibility index (Phi) is 4.36. The van der Waals surface area contributed by atoms with Crippen LogP contribution in [0.15, 0.2) is 16.6 Å². The van der Waals surface area contributed by atoms with Gasteiger partial charge in [-0.1, -0.05) is 15.9 Å². The summed E-state index contributed by atoms with van der Waals surface area (Å²) in [6, 6.07) is 1.54. The average molecular weight is 335 g/mol. The van der Waals surface area contributed by atoms with Gasteiger partial charge in [-0.15, -0.1) is 0 Å². The molecule has 104 valence electrons. The number of benzene rings is 1. The topological polar surface area (TPSA) is 41.6 Å². The number of carbonyl (C=O) groups excluding carboxylic acids is 1. The van der Waals surface area contributed by atoms with E-state index in [-0.39, 0.29) is 10.5 Å². The number of nitrogens with one attached hydrogen (secondary N) is 1. The molecule has 0 spiro atoms. The van der Waals surface area contributed by atoms with E-state index in [1.54, 1.807) is 0 Å². The molecule has 0 aromatic heterocycles. The second-order valence-electron chi connectivity index (χ2n) is 4.29. The minimum absolute atomic E-state index is 0.129. The first-order chi connectivity index (χ1) is 8.99. The maximum atomic E-state index is 13.6. The Hall–Kier alpha value is -1.21. The minimum atomic E-state index is -0.818. The lowest BCUT2D eigenvalue weighted by Gasteiger charge is -2.33. The van der Waals surface area contributed by atoms with E-state index in [9.17, 15) is 13.6 Å². The fourth-order valence-electron chi connectivity index (χ4n) is 1.87. The summed E-state index contributed by atoms with van der Waals surface area (Å²) in [6.45, 7) is 3.04. The second-order valence-corrected chi connectivity index (χ2v) is 5.21. The summed E-state index contributed by atoms with van der Waals surface area (Å²) >= 11 is 2.98. The Morgan fingerprint density at radius 3 is 2.68 bits per heavy atom. The summed E-state index contributed by atoms with van der Waals surface area (Å²) in [5, 5.41) is 2.27. The van der Waals surface area contributed by atoms with Crippen molar-refractivity contribution in [1.29, 1.82) is 0 Å². The zero-order valence-corrected chi connectivity index (χ0v) is 11.8. The average Bonchev–Trinajstić information content (AvgIpc) is 2.34. The predicted molar refractivity (Wildman–Crippen MR) is 70.1 cm³/mol. The number of hydrogen-bond donors (Lipinski definition) is 1. The molecule has 1 saturated heterocycles. The zero-order valence-electron chi connectivity index (χ0n) is 10.3. The number of hydrogen-bond acceptors (Lipinski definition) is 2. The van der Waals surface area contributed by atoms with E-state index in [1.165, 1.54) is 4.90 Å². The van der Waals surface area contributed by atoms with Crippen molar-refractivity contribution in [2.45, 2.75) is 13.0 Å². The molecule has 2 amide bonds. The molecular weight excluding hydrogens is 322 g/mol. The molecule has 2 rings (SSSR count). The van der Waals surface area contributed by atoms with E-state index < -0.39 is 23.4 Å². The van der Waals surface area contributed by atoms with E-state index >= 15 is 0 Å². The van der Waals surface area contributed by atoms with E-state index in [2.05, 4.69) is 21.2 Å². The lowest BCUT2D eigenvalue weighted by Crippen LogP contribution is -2.49. The van der Waals surface area contributed by atoms with Gasteiger partial charge in [0.2, 0.25) is 0 Å². The number of urea groups is 1. The van der Waals surface area contributed by atoms with Gasteiger partial charge in [0.05, 0.1) is 19.3 Å². The third kappa shape index (κ3) is 3.22. The van der Waals surface area contributed by atoms with Crippen LogP contribution in [-0.2, 0) is 4.74 Å². The van der Waals surface area contributed by atoms with Crippen LogP contribution in [0.5, 0.6) is 0 Å². The van der Waals surface area contributed by atoms with Crippen molar-refractivity contribution in [1.82, 2.24) is 4.90 Å². The van der Waals surface area contributed by atoms with Crippen LogP contribution in [0.3, 0.4) is 0 Å². The molecule has 19 heavy (non-hydrogen) atoms. The second kappa shape index (κ2) is 5.83. The largest absolute Gasteiger partial charge is 0.377 e. The molecule has 0 aliphatic carbocycles. The Morgan fingerprint density at radius 1 is 1.47 bits per heavy atom. The number of carbonyl (C=O) groups is 1. The Morgan fingerprint density at radius 2 is 2.11 bits per heavy atom. The highest BCUT2D eigenvalue weighted by atomic mass is 79.9. The number of rotatable bonds is 1. The van der Waals surface area contributed by atoms with Crippen molar-refractivity contribution in [3.8, 4) is 0 Å². The van der Waals surface area contributed by atoms with Gasteiger partial charge in [-0.25, -0.2) is 13.6 Å². The number of ether oxygens (including phenoxy) is 1. The van der Waals surface area contributed by atoms with E-state index in [0.29, 0.717) is 19.8 Å². The van der Waals surface area contributed by atoms with Crippen LogP contribution in [-0.4, -0.2) is 36.7 Å². The first-order valence-corrected chi connectivity index (χ1v) is 6.58. The molecule has 1 unspecified atom stereocenters. The van der Waals surface area contributed by atoms with Gasteiger partial charge >= 0.3 is 6.03 Å². The molecule has 1 aromatic carbocycles. The molecule has 0 saturated carbocycles. The summed E-state index contributed by atoms with van der Waals surface area (Å²) in [5.41, 5.74) is -0.438. The summed E-state index contributed by atoms with van der Waals surface area (Å²) in [6.07, 6.45) is 0. The molecule has 7 heteroatoms. The third-order valence-corrected chi connectivity index (χ3v) is 3.33. The highest BCUT2D eigenvalue weighted by Gasteiger charge is 2.25. The van der Waals surface area contributed by atoms with Crippen LogP contribution in [0, 0.1) is 11.6 Å². The number of amides is 2. The van der Waals surface area contributed by atoms with Crippen LogP contribution in [0.1, 0.15) is 6.92 Å². The third-order valence-electron chi connectivity index (χ3n) is 2.87. The van der Waals surface area contributed by atoms with Crippen LogP contribution in [0.4, 0.5) is 19.3 Å². The quantitative estimate of drug-likeness (QED) is 0.857. The van der Waals surface area contributed by atoms with Crippen molar-refractivity contribution < 1.29 is 18.3 Å². The highest BCUT2D eigenvalue weighted by molar-refractivity contribution is 9.10. The van der Waals surface area contributed by atoms with Gasteiger partial charge in [-0.2, -0.15) is 0 Å². The number of halogens is 3. The van der Waals surface area contributed by atoms with Crippen LogP contribution >= 0.6 is 15.9 Å². The van der Waals surface area contributed by atoms with Crippen molar-refractivity contribution in [2.24, 2.45) is 0 Å². The fraction of sp³-hybridized carbons (Fsp3) is 0.417. The Labute approximate surface area is 117 Å². The standard InChI is InChI=1S/C12H13BrF2N2O2/c1-7-6-19-3-2-17(7)12(18)16-11-9(14)4-8(13)5-10(11)15/h4-5,7H,2-3,6H2,1H3,(H,16,18). The highest BCUT2D eigenvalue weighted by Crippen LogP contribution is 2.24. The number of morpholine rings is 1. The van der Waals surface area contributed by atoms with Crippen molar-refractivity contribution in [2.75, 3.05) is 25.1 Å². The van der Waals surface area contributed by atoms with Gasteiger partial charge in [-0.05, 0) is 19.1 Å². The van der Waals surface area contributed by atoms with Crippen LogP contribution in [0.2, 0.25) is 0 Å². The summed E-state index contributed by atoms with van der Waals surface area (Å²) in [4.78, 5) is 13.5. The smallest absolute Gasteiger partial charge is 0.322 e. The van der Waals surface area contributed by atoms with E-state index in [1.807, 2.05) is 6.92 Å². The summed E-state index contributed by atoms with van der Waals surface area (Å²) in [5.74, 6) is -1.64. The maximum absolute atomic E-state index is 13.6. The number of anilines is 1. The maximum Gasteiger partial charge on any atom is 0.322 e. The Bertz CT molecular complexity index is 476. The van der Waals surface area contributed by atoms with Gasteiger partial charge in [0.15, 0.2) is 11.6 Å². The first kappa shape index (κ1) is 14.2. The van der Waals surface area contributed by atoms with Crippen LogP contribution in [0.25, 0.3) is 0 Å². The zero-order chi connectivity index (χ0) is 14.0. The normalized spacial score (nSPS) is 19.4. The van der Waals surface area contributed by atoms with Gasteiger partial charge in [0, 0.05) is 11.0 Å². The lowest BCUT2D eigenvalue weighted by atomic mass is 10.2. The van der Waals surface area contributed by atoms with Crippen LogP contribution < -0.4 is 5.32 Å². The molecule has 1 atom stereocenters. The van der Waals surface area contributed by atoms with E-state index in [4.69, 9.17) is 4.74 Å². The molecule has 1 fully saturated rings. The minimum Gasteiger partial charge on any atom is -0.377 e. The molecule has 0 bridgehead atoms. The SMILES string of the molecule is CC1COCCN1C(=O)Nc1c(F)cc(Br)cc1F. The molecular formula is C12H13BrF2N2O2. The summed E-state index contributed by atoms with van der Waals surface area (Å²) in [7, 11) is 0. The molecule has 4 nitrogen and oxygen atoms in total. The van der Waals surface area contributed by atoms with Crippen molar-refractivity contribution in [3.63, 3.8) is 0 Å². The fourth-order valence-corrected chi connectivity index (χ4v) is 2.27. The molecule has 1 N–H and O–H groups in total. The number of nitrogens with zero attached hydrogens (tertiary/aromatic N) is 1. The summed E-state index contributed by atoms with van der Waals surface area (Å²) < 4.78 is 32.7. The van der Waals surface area contributed by atoms with E-state index in [0.717, 1.165) is 12.1 Å². The molecule has 1 heterocycles. The molecule has 1 aliphatic rings. The predicted octanol–water partition coefficient (Wildman–Crippen LogP) is 2.98. The molecule has 0 radical (unpaired) electrons.